The topological polar surface area (TPSA) is 38.0 Å². The SMILES string of the molecule is C=CCCCCCC(NN)c1ccc(F)cc1C. The van der Waals surface area contributed by atoms with Crippen LogP contribution >= 0.6 is 0 Å². The molecule has 0 aliphatic carbocycles. The summed E-state index contributed by atoms with van der Waals surface area (Å²) in [5.41, 5.74) is 4.86. The third-order valence-corrected chi connectivity index (χ3v) is 3.21. The molecule has 0 radical (unpaired) electrons. The third kappa shape index (κ3) is 4.59. The first-order valence-corrected chi connectivity index (χ1v) is 6.52. The highest BCUT2D eigenvalue weighted by Crippen LogP contribution is 2.23. The van der Waals surface area contributed by atoms with Crippen molar-refractivity contribution in [3.63, 3.8) is 0 Å². The first-order chi connectivity index (χ1) is 8.69. The van der Waals surface area contributed by atoms with Gasteiger partial charge in [-0.25, -0.2) is 4.39 Å². The van der Waals surface area contributed by atoms with Crippen LogP contribution in [-0.4, -0.2) is 0 Å². The lowest BCUT2D eigenvalue weighted by Crippen LogP contribution is -2.28. The molecule has 0 spiro atoms. The molecule has 18 heavy (non-hydrogen) atoms. The normalized spacial score (nSPS) is 12.4. The number of nitrogens with two attached hydrogens (primary N) is 1. The van der Waals surface area contributed by atoms with Crippen molar-refractivity contribution in [2.75, 3.05) is 0 Å². The van der Waals surface area contributed by atoms with Crippen molar-refractivity contribution in [2.45, 2.75) is 45.1 Å². The van der Waals surface area contributed by atoms with Gasteiger partial charge < -0.3 is 0 Å². The average Bonchev–Trinajstić information content (AvgIpc) is 2.35. The predicted molar refractivity (Wildman–Crippen MR) is 74.5 cm³/mol. The zero-order valence-corrected chi connectivity index (χ0v) is 11.1. The Balaban J connectivity index is 2.52. The Hall–Kier alpha value is -1.19. The van der Waals surface area contributed by atoms with Crippen molar-refractivity contribution in [3.8, 4) is 0 Å². The molecule has 0 amide bonds. The first kappa shape index (κ1) is 14.9. The van der Waals surface area contributed by atoms with Gasteiger partial charge in [-0.2, -0.15) is 0 Å². The minimum absolute atomic E-state index is 0.106. The molecule has 0 saturated carbocycles. The predicted octanol–water partition coefficient (Wildman–Crippen LogP) is 3.78. The molecule has 0 heterocycles. The summed E-state index contributed by atoms with van der Waals surface area (Å²) in [5.74, 6) is 5.40. The van der Waals surface area contributed by atoms with Crippen molar-refractivity contribution in [2.24, 2.45) is 5.84 Å². The van der Waals surface area contributed by atoms with Crippen LogP contribution in [0.1, 0.15) is 49.3 Å². The number of allylic oxidation sites excluding steroid dienone is 1. The molecule has 1 rings (SSSR count). The van der Waals surface area contributed by atoms with E-state index in [1.54, 1.807) is 6.07 Å². The molecule has 2 nitrogen and oxygen atoms in total. The summed E-state index contributed by atoms with van der Waals surface area (Å²) in [6, 6.07) is 4.97. The second-order valence-electron chi connectivity index (χ2n) is 4.65. The van der Waals surface area contributed by atoms with Gasteiger partial charge in [-0.3, -0.25) is 11.3 Å². The Morgan fingerprint density at radius 3 is 2.78 bits per heavy atom. The van der Waals surface area contributed by atoms with Crippen LogP contribution in [0.2, 0.25) is 0 Å². The molecule has 0 saturated heterocycles. The molecule has 1 atom stereocenters. The Kier molecular flexibility index (Phi) is 6.61. The number of nitrogens with one attached hydrogen (secondary N) is 1. The van der Waals surface area contributed by atoms with E-state index in [4.69, 9.17) is 5.84 Å². The van der Waals surface area contributed by atoms with E-state index in [1.807, 2.05) is 19.1 Å². The van der Waals surface area contributed by atoms with Crippen molar-refractivity contribution in [3.05, 3.63) is 47.8 Å². The van der Waals surface area contributed by atoms with E-state index in [0.717, 1.165) is 30.4 Å². The number of aryl methyl sites for hydroxylation is 1. The number of rotatable bonds is 8. The molecule has 1 aromatic carbocycles. The molecule has 0 aliphatic heterocycles. The summed E-state index contributed by atoms with van der Waals surface area (Å²) in [7, 11) is 0. The van der Waals surface area contributed by atoms with Crippen LogP contribution in [0.15, 0.2) is 30.9 Å². The van der Waals surface area contributed by atoms with Crippen molar-refractivity contribution >= 4 is 0 Å². The quantitative estimate of drug-likeness (QED) is 0.319. The molecule has 0 aromatic heterocycles. The number of benzene rings is 1. The molecule has 3 heteroatoms. The van der Waals surface area contributed by atoms with Crippen molar-refractivity contribution in [1.29, 1.82) is 0 Å². The van der Waals surface area contributed by atoms with Crippen LogP contribution in [0.5, 0.6) is 0 Å². The maximum Gasteiger partial charge on any atom is 0.123 e. The molecule has 1 aromatic rings. The standard InChI is InChI=1S/C15H23FN2/c1-3-4-5-6-7-8-15(18-17)14-10-9-13(16)11-12(14)2/h3,9-11,15,18H,1,4-8,17H2,2H3. The fraction of sp³-hybridized carbons (Fsp3) is 0.467. The smallest absolute Gasteiger partial charge is 0.123 e. The van der Waals surface area contributed by atoms with Crippen LogP contribution in [0, 0.1) is 12.7 Å². The lowest BCUT2D eigenvalue weighted by atomic mass is 9.96. The van der Waals surface area contributed by atoms with E-state index in [1.165, 1.54) is 18.9 Å². The molecular formula is C15H23FN2. The molecule has 1 unspecified atom stereocenters. The van der Waals surface area contributed by atoms with Gasteiger partial charge in [0.2, 0.25) is 0 Å². The number of hydrazine groups is 1. The zero-order valence-electron chi connectivity index (χ0n) is 11.1. The third-order valence-electron chi connectivity index (χ3n) is 3.21. The Labute approximate surface area is 109 Å². The van der Waals surface area contributed by atoms with Crippen LogP contribution in [-0.2, 0) is 0 Å². The minimum Gasteiger partial charge on any atom is -0.271 e. The fourth-order valence-electron chi connectivity index (χ4n) is 2.17. The van der Waals surface area contributed by atoms with E-state index in [2.05, 4.69) is 12.0 Å². The second-order valence-corrected chi connectivity index (χ2v) is 4.65. The molecule has 100 valence electrons. The van der Waals surface area contributed by atoms with Gasteiger partial charge in [0, 0.05) is 6.04 Å². The number of hydrogen-bond acceptors (Lipinski definition) is 2. The fourth-order valence-corrected chi connectivity index (χ4v) is 2.17. The highest BCUT2D eigenvalue weighted by atomic mass is 19.1. The van der Waals surface area contributed by atoms with Gasteiger partial charge in [0.1, 0.15) is 5.82 Å². The lowest BCUT2D eigenvalue weighted by molar-refractivity contribution is 0.481. The summed E-state index contributed by atoms with van der Waals surface area (Å²) < 4.78 is 13.0. The zero-order chi connectivity index (χ0) is 13.4. The van der Waals surface area contributed by atoms with Crippen LogP contribution in [0.4, 0.5) is 4.39 Å². The van der Waals surface area contributed by atoms with E-state index >= 15 is 0 Å². The summed E-state index contributed by atoms with van der Waals surface area (Å²) in [4.78, 5) is 0. The lowest BCUT2D eigenvalue weighted by Gasteiger charge is -2.18. The van der Waals surface area contributed by atoms with Gasteiger partial charge in [-0.1, -0.05) is 25.0 Å². The largest absolute Gasteiger partial charge is 0.271 e. The van der Waals surface area contributed by atoms with Crippen LogP contribution in [0.25, 0.3) is 0 Å². The van der Waals surface area contributed by atoms with E-state index in [0.29, 0.717) is 0 Å². The Bertz CT molecular complexity index is 377. The van der Waals surface area contributed by atoms with E-state index < -0.39 is 0 Å². The van der Waals surface area contributed by atoms with Crippen molar-refractivity contribution < 1.29 is 4.39 Å². The summed E-state index contributed by atoms with van der Waals surface area (Å²) in [5, 5.41) is 0. The summed E-state index contributed by atoms with van der Waals surface area (Å²) in [6.45, 7) is 5.63. The Morgan fingerprint density at radius 1 is 1.39 bits per heavy atom. The highest BCUT2D eigenvalue weighted by molar-refractivity contribution is 5.29. The minimum atomic E-state index is -0.196. The molecule has 3 N–H and O–H groups in total. The van der Waals surface area contributed by atoms with Crippen LogP contribution < -0.4 is 11.3 Å². The second kappa shape index (κ2) is 8.01. The maximum atomic E-state index is 13.0. The van der Waals surface area contributed by atoms with Gasteiger partial charge in [-0.15, -0.1) is 6.58 Å². The van der Waals surface area contributed by atoms with E-state index in [-0.39, 0.29) is 11.9 Å². The highest BCUT2D eigenvalue weighted by Gasteiger charge is 2.12. The van der Waals surface area contributed by atoms with Gasteiger partial charge in [-0.05, 0) is 49.4 Å². The maximum absolute atomic E-state index is 13.0. The van der Waals surface area contributed by atoms with Gasteiger partial charge in [0.05, 0.1) is 0 Å². The number of unbranched alkanes of at least 4 members (excludes halogenated alkanes) is 3. The van der Waals surface area contributed by atoms with Gasteiger partial charge in [0.25, 0.3) is 0 Å². The number of halogens is 1. The molecule has 0 bridgehead atoms. The summed E-state index contributed by atoms with van der Waals surface area (Å²) in [6.07, 6.45) is 7.44. The van der Waals surface area contributed by atoms with Crippen LogP contribution in [0.3, 0.4) is 0 Å². The van der Waals surface area contributed by atoms with E-state index in [9.17, 15) is 4.39 Å². The summed E-state index contributed by atoms with van der Waals surface area (Å²) >= 11 is 0. The number of hydrogen-bond donors (Lipinski definition) is 2. The van der Waals surface area contributed by atoms with Gasteiger partial charge in [0.15, 0.2) is 0 Å². The Morgan fingerprint density at radius 2 is 2.17 bits per heavy atom. The van der Waals surface area contributed by atoms with Crippen molar-refractivity contribution in [1.82, 2.24) is 5.43 Å². The molecular weight excluding hydrogens is 227 g/mol. The molecule has 0 aliphatic rings. The monoisotopic (exact) mass is 250 g/mol. The average molecular weight is 250 g/mol. The first-order valence-electron chi connectivity index (χ1n) is 6.52. The van der Waals surface area contributed by atoms with Gasteiger partial charge >= 0.3 is 0 Å². The molecule has 0 fully saturated rings.